The number of benzene rings is 1. The molecule has 2 aromatic rings. The first kappa shape index (κ1) is 11.8. The molecule has 1 aliphatic rings. The summed E-state index contributed by atoms with van der Waals surface area (Å²) in [7, 11) is 1.73. The number of nitrogens with one attached hydrogen (secondary N) is 1. The van der Waals surface area contributed by atoms with Gasteiger partial charge in [-0.05, 0) is 53.6 Å². The van der Waals surface area contributed by atoms with Crippen molar-refractivity contribution in [2.45, 2.75) is 19.4 Å². The molecule has 1 atom stereocenters. The Morgan fingerprint density at radius 3 is 2.94 bits per heavy atom. The van der Waals surface area contributed by atoms with Crippen LogP contribution in [0.25, 0.3) is 0 Å². The summed E-state index contributed by atoms with van der Waals surface area (Å²) in [6.45, 7) is 3.22. The monoisotopic (exact) mass is 259 g/mol. The molecule has 18 heavy (non-hydrogen) atoms. The standard InChI is InChI=1S/C15H17NOS/c1-10-6-8-18-15(10)14-13-4-3-12(17-2)9-11(13)5-7-16-14/h3-4,6,8-9,14,16H,5,7H2,1-2H3. The van der Waals surface area contributed by atoms with E-state index in [0.717, 1.165) is 18.7 Å². The van der Waals surface area contributed by atoms with E-state index in [0.29, 0.717) is 6.04 Å². The average molecular weight is 259 g/mol. The van der Waals surface area contributed by atoms with Gasteiger partial charge < -0.3 is 10.1 Å². The van der Waals surface area contributed by atoms with Crippen LogP contribution in [0.5, 0.6) is 5.75 Å². The second kappa shape index (κ2) is 4.75. The van der Waals surface area contributed by atoms with Gasteiger partial charge in [-0.15, -0.1) is 11.3 Å². The van der Waals surface area contributed by atoms with Gasteiger partial charge >= 0.3 is 0 Å². The molecular formula is C15H17NOS. The van der Waals surface area contributed by atoms with E-state index >= 15 is 0 Å². The van der Waals surface area contributed by atoms with Crippen LogP contribution in [0.1, 0.15) is 27.6 Å². The zero-order chi connectivity index (χ0) is 12.5. The topological polar surface area (TPSA) is 21.3 Å². The minimum absolute atomic E-state index is 0.347. The van der Waals surface area contributed by atoms with E-state index in [1.807, 2.05) is 11.3 Å². The first-order valence-electron chi connectivity index (χ1n) is 6.24. The molecular weight excluding hydrogens is 242 g/mol. The average Bonchev–Trinajstić information content (AvgIpc) is 2.83. The third kappa shape index (κ3) is 1.93. The molecule has 0 saturated heterocycles. The lowest BCUT2D eigenvalue weighted by Gasteiger charge is -2.27. The van der Waals surface area contributed by atoms with Crippen molar-refractivity contribution >= 4 is 11.3 Å². The summed E-state index contributed by atoms with van der Waals surface area (Å²) in [5.41, 5.74) is 4.18. The maximum absolute atomic E-state index is 5.31. The molecule has 1 aromatic heterocycles. The van der Waals surface area contributed by atoms with E-state index in [1.54, 1.807) is 7.11 Å². The van der Waals surface area contributed by atoms with Crippen LogP contribution in [-0.4, -0.2) is 13.7 Å². The number of rotatable bonds is 2. The van der Waals surface area contributed by atoms with Crippen LogP contribution in [0.4, 0.5) is 0 Å². The third-order valence-corrected chi connectivity index (χ3v) is 4.65. The molecule has 0 bridgehead atoms. The van der Waals surface area contributed by atoms with Crippen LogP contribution in [-0.2, 0) is 6.42 Å². The van der Waals surface area contributed by atoms with Crippen molar-refractivity contribution in [3.8, 4) is 5.75 Å². The van der Waals surface area contributed by atoms with E-state index < -0.39 is 0 Å². The number of aryl methyl sites for hydroxylation is 1. The number of hydrogen-bond donors (Lipinski definition) is 1. The summed E-state index contributed by atoms with van der Waals surface area (Å²) in [6.07, 6.45) is 1.08. The molecule has 0 saturated carbocycles. The Hall–Kier alpha value is -1.32. The zero-order valence-corrected chi connectivity index (χ0v) is 11.5. The first-order chi connectivity index (χ1) is 8.79. The normalized spacial score (nSPS) is 18.4. The van der Waals surface area contributed by atoms with Gasteiger partial charge in [0.25, 0.3) is 0 Å². The van der Waals surface area contributed by atoms with Crippen molar-refractivity contribution in [2.24, 2.45) is 0 Å². The minimum atomic E-state index is 0.347. The van der Waals surface area contributed by atoms with Gasteiger partial charge in [0.15, 0.2) is 0 Å². The highest BCUT2D eigenvalue weighted by molar-refractivity contribution is 7.10. The molecule has 1 aliphatic heterocycles. The molecule has 1 aromatic carbocycles. The van der Waals surface area contributed by atoms with Gasteiger partial charge in [-0.3, -0.25) is 0 Å². The fraction of sp³-hybridized carbons (Fsp3) is 0.333. The highest BCUT2D eigenvalue weighted by Crippen LogP contribution is 2.34. The molecule has 2 heterocycles. The van der Waals surface area contributed by atoms with Crippen molar-refractivity contribution in [1.82, 2.24) is 5.32 Å². The zero-order valence-electron chi connectivity index (χ0n) is 10.7. The van der Waals surface area contributed by atoms with Gasteiger partial charge in [0.1, 0.15) is 5.75 Å². The molecule has 3 heteroatoms. The van der Waals surface area contributed by atoms with Crippen LogP contribution in [0.15, 0.2) is 29.6 Å². The lowest BCUT2D eigenvalue weighted by Crippen LogP contribution is -2.30. The Balaban J connectivity index is 2.05. The van der Waals surface area contributed by atoms with Crippen molar-refractivity contribution in [3.63, 3.8) is 0 Å². The van der Waals surface area contributed by atoms with Crippen LogP contribution >= 0.6 is 11.3 Å². The molecule has 0 amide bonds. The number of methoxy groups -OCH3 is 1. The predicted molar refractivity (Wildman–Crippen MR) is 75.6 cm³/mol. The van der Waals surface area contributed by atoms with E-state index in [1.165, 1.54) is 21.6 Å². The summed E-state index contributed by atoms with van der Waals surface area (Å²) < 4.78 is 5.31. The van der Waals surface area contributed by atoms with Gasteiger partial charge in [0.05, 0.1) is 13.2 Å². The quantitative estimate of drug-likeness (QED) is 0.893. The maximum Gasteiger partial charge on any atom is 0.119 e. The van der Waals surface area contributed by atoms with Gasteiger partial charge in [-0.25, -0.2) is 0 Å². The molecule has 0 radical (unpaired) electrons. The van der Waals surface area contributed by atoms with Gasteiger partial charge in [-0.2, -0.15) is 0 Å². The van der Waals surface area contributed by atoms with Crippen LogP contribution in [0.2, 0.25) is 0 Å². The SMILES string of the molecule is COc1ccc2c(c1)CCNC2c1sccc1C. The second-order valence-corrected chi connectivity index (χ2v) is 5.62. The van der Waals surface area contributed by atoms with E-state index in [9.17, 15) is 0 Å². The Morgan fingerprint density at radius 1 is 1.33 bits per heavy atom. The fourth-order valence-electron chi connectivity index (χ4n) is 2.58. The molecule has 0 fully saturated rings. The lowest BCUT2D eigenvalue weighted by molar-refractivity contribution is 0.413. The molecule has 94 valence electrons. The Kier molecular flexibility index (Phi) is 3.10. The van der Waals surface area contributed by atoms with Crippen LogP contribution < -0.4 is 10.1 Å². The van der Waals surface area contributed by atoms with Crippen molar-refractivity contribution in [1.29, 1.82) is 0 Å². The largest absolute Gasteiger partial charge is 0.497 e. The number of ether oxygens (including phenoxy) is 1. The number of thiophene rings is 1. The van der Waals surface area contributed by atoms with E-state index in [2.05, 4.69) is 41.9 Å². The molecule has 1 unspecified atom stereocenters. The summed E-state index contributed by atoms with van der Waals surface area (Å²) in [5.74, 6) is 0.956. The van der Waals surface area contributed by atoms with Crippen LogP contribution in [0, 0.1) is 6.92 Å². The smallest absolute Gasteiger partial charge is 0.119 e. The first-order valence-corrected chi connectivity index (χ1v) is 7.12. The lowest BCUT2D eigenvalue weighted by atomic mass is 9.92. The van der Waals surface area contributed by atoms with Crippen molar-refractivity contribution in [2.75, 3.05) is 13.7 Å². The summed E-state index contributed by atoms with van der Waals surface area (Å²) in [4.78, 5) is 1.43. The van der Waals surface area contributed by atoms with Crippen molar-refractivity contribution < 1.29 is 4.74 Å². The van der Waals surface area contributed by atoms with Gasteiger partial charge in [0, 0.05) is 11.4 Å². The Morgan fingerprint density at radius 2 is 2.22 bits per heavy atom. The third-order valence-electron chi connectivity index (χ3n) is 3.57. The Labute approximate surface area is 112 Å². The summed E-state index contributed by atoms with van der Waals surface area (Å²) in [5, 5.41) is 5.80. The van der Waals surface area contributed by atoms with Gasteiger partial charge in [-0.1, -0.05) is 6.07 Å². The highest BCUT2D eigenvalue weighted by Gasteiger charge is 2.23. The molecule has 0 aliphatic carbocycles. The van der Waals surface area contributed by atoms with Gasteiger partial charge in [0.2, 0.25) is 0 Å². The maximum atomic E-state index is 5.31. The number of fused-ring (bicyclic) bond motifs is 1. The minimum Gasteiger partial charge on any atom is -0.497 e. The Bertz CT molecular complexity index is 561. The fourth-order valence-corrected chi connectivity index (χ4v) is 3.60. The molecule has 3 rings (SSSR count). The predicted octanol–water partition coefficient (Wildman–Crippen LogP) is 3.30. The summed E-state index contributed by atoms with van der Waals surface area (Å²) in [6, 6.07) is 8.97. The highest BCUT2D eigenvalue weighted by atomic mass is 32.1. The van der Waals surface area contributed by atoms with Crippen LogP contribution in [0.3, 0.4) is 0 Å². The molecule has 2 nitrogen and oxygen atoms in total. The molecule has 0 spiro atoms. The van der Waals surface area contributed by atoms with Crippen molar-refractivity contribution in [3.05, 3.63) is 51.2 Å². The summed E-state index contributed by atoms with van der Waals surface area (Å²) >= 11 is 1.84. The molecule has 1 N–H and O–H groups in total. The number of hydrogen-bond acceptors (Lipinski definition) is 3. The van der Waals surface area contributed by atoms with E-state index in [4.69, 9.17) is 4.74 Å². The van der Waals surface area contributed by atoms with E-state index in [-0.39, 0.29) is 0 Å². The second-order valence-electron chi connectivity index (χ2n) is 4.67.